The first-order valence-corrected chi connectivity index (χ1v) is 8.52. The molecule has 3 rings (SSSR count). The Labute approximate surface area is 147 Å². The van der Waals surface area contributed by atoms with Crippen molar-refractivity contribution in [1.82, 2.24) is 14.8 Å². The van der Waals surface area contributed by atoms with Gasteiger partial charge in [0.25, 0.3) is 11.7 Å². The molecule has 130 valence electrons. The topological polar surface area (TPSA) is 59.8 Å². The smallest absolute Gasteiger partial charge is 0.288 e. The lowest BCUT2D eigenvalue weighted by atomic mass is 10.2. The van der Waals surface area contributed by atoms with Crippen LogP contribution in [0.15, 0.2) is 47.6 Å². The summed E-state index contributed by atoms with van der Waals surface area (Å²) in [7, 11) is 0. The molecule has 0 aliphatic heterocycles. The molecule has 2 aromatic heterocycles. The van der Waals surface area contributed by atoms with Crippen molar-refractivity contribution in [2.45, 2.75) is 30.5 Å². The Morgan fingerprint density at radius 1 is 1.24 bits per heavy atom. The summed E-state index contributed by atoms with van der Waals surface area (Å²) >= 11 is 0.394. The average Bonchev–Trinajstić information content (AvgIpc) is 2.99. The number of carbonyl (C=O) groups excluding carboxylic acids is 1. The Morgan fingerprint density at radius 2 is 2.00 bits per heavy atom. The highest BCUT2D eigenvalue weighted by molar-refractivity contribution is 7.99. The predicted octanol–water partition coefficient (Wildman–Crippen LogP) is 4.58. The minimum atomic E-state index is -2.56. The van der Waals surface area contributed by atoms with Crippen LogP contribution in [0.1, 0.15) is 30.2 Å². The molecule has 25 heavy (non-hydrogen) atoms. The van der Waals surface area contributed by atoms with Gasteiger partial charge in [0, 0.05) is 22.5 Å². The van der Waals surface area contributed by atoms with Crippen molar-refractivity contribution in [2.75, 3.05) is 5.32 Å². The number of pyridine rings is 1. The van der Waals surface area contributed by atoms with Crippen molar-refractivity contribution >= 4 is 34.4 Å². The van der Waals surface area contributed by atoms with Crippen LogP contribution in [0.3, 0.4) is 0 Å². The number of nitrogens with one attached hydrogen (secondary N) is 1. The number of para-hydroxylation sites is 1. The van der Waals surface area contributed by atoms with Crippen LogP contribution in [0.25, 0.3) is 11.0 Å². The van der Waals surface area contributed by atoms with Gasteiger partial charge in [0.05, 0.1) is 17.4 Å². The molecule has 0 bridgehead atoms. The highest BCUT2D eigenvalue weighted by Crippen LogP contribution is 2.32. The van der Waals surface area contributed by atoms with Gasteiger partial charge < -0.3 is 5.32 Å². The fraction of sp³-hybridized carbons (Fsp3) is 0.235. The number of rotatable bonds is 5. The molecule has 2 heterocycles. The monoisotopic (exact) mass is 362 g/mol. The molecule has 0 unspecified atom stereocenters. The maximum absolute atomic E-state index is 12.6. The number of aromatic nitrogens is 3. The standard InChI is InChI=1S/C17H16F2N4OS/c1-10(2)23-15-11(9-21-23)7-12(8-20-15)16(24)22-13-5-3-4-6-14(13)25-17(18)19/h3-10,17H,1-2H3,(H,22,24). The predicted molar refractivity (Wildman–Crippen MR) is 94.2 cm³/mol. The Bertz CT molecular complexity index is 911. The third-order valence-electron chi connectivity index (χ3n) is 3.54. The largest absolute Gasteiger partial charge is 0.321 e. The lowest BCUT2D eigenvalue weighted by Gasteiger charge is -2.10. The number of halogens is 2. The van der Waals surface area contributed by atoms with Crippen LogP contribution < -0.4 is 5.32 Å². The molecule has 1 amide bonds. The van der Waals surface area contributed by atoms with E-state index < -0.39 is 11.7 Å². The number of fused-ring (bicyclic) bond motifs is 1. The Kier molecular flexibility index (Phi) is 4.98. The molecule has 0 radical (unpaired) electrons. The van der Waals surface area contributed by atoms with E-state index in [-0.39, 0.29) is 6.04 Å². The van der Waals surface area contributed by atoms with Gasteiger partial charge in [-0.05, 0) is 32.0 Å². The number of hydrogen-bond acceptors (Lipinski definition) is 4. The van der Waals surface area contributed by atoms with E-state index in [1.165, 1.54) is 6.20 Å². The zero-order valence-corrected chi connectivity index (χ0v) is 14.4. The molecule has 1 aromatic carbocycles. The first-order valence-electron chi connectivity index (χ1n) is 7.64. The highest BCUT2D eigenvalue weighted by atomic mass is 32.2. The molecule has 0 atom stereocenters. The number of thioether (sulfide) groups is 1. The van der Waals surface area contributed by atoms with E-state index in [1.807, 2.05) is 13.8 Å². The zero-order valence-electron chi connectivity index (χ0n) is 13.6. The average molecular weight is 362 g/mol. The summed E-state index contributed by atoms with van der Waals surface area (Å²) in [6, 6.07) is 8.30. The van der Waals surface area contributed by atoms with Gasteiger partial charge in [-0.15, -0.1) is 0 Å². The van der Waals surface area contributed by atoms with Gasteiger partial charge in [0.15, 0.2) is 5.65 Å². The van der Waals surface area contributed by atoms with E-state index >= 15 is 0 Å². The van der Waals surface area contributed by atoms with E-state index in [2.05, 4.69) is 15.4 Å². The van der Waals surface area contributed by atoms with E-state index in [4.69, 9.17) is 0 Å². The summed E-state index contributed by atoms with van der Waals surface area (Å²) in [5.74, 6) is -2.97. The van der Waals surface area contributed by atoms with Crippen LogP contribution in [0.2, 0.25) is 0 Å². The number of carbonyl (C=O) groups is 1. The number of nitrogens with zero attached hydrogens (tertiary/aromatic N) is 3. The van der Waals surface area contributed by atoms with Gasteiger partial charge in [-0.25, -0.2) is 9.67 Å². The van der Waals surface area contributed by atoms with Crippen LogP contribution >= 0.6 is 11.8 Å². The summed E-state index contributed by atoms with van der Waals surface area (Å²) < 4.78 is 27.0. The summed E-state index contributed by atoms with van der Waals surface area (Å²) in [5.41, 5.74) is 1.38. The van der Waals surface area contributed by atoms with Crippen LogP contribution in [-0.2, 0) is 0 Å². The first-order chi connectivity index (χ1) is 12.0. The summed E-state index contributed by atoms with van der Waals surface area (Å²) in [6.45, 7) is 3.98. The lowest BCUT2D eigenvalue weighted by molar-refractivity contribution is 0.102. The van der Waals surface area contributed by atoms with Crippen LogP contribution in [0.5, 0.6) is 0 Å². The molecule has 0 saturated carbocycles. The zero-order chi connectivity index (χ0) is 18.0. The second-order valence-electron chi connectivity index (χ2n) is 5.65. The van der Waals surface area contributed by atoms with E-state index in [0.29, 0.717) is 33.6 Å². The summed E-state index contributed by atoms with van der Waals surface area (Å²) in [6.07, 6.45) is 3.11. The van der Waals surface area contributed by atoms with Crippen LogP contribution in [0.4, 0.5) is 14.5 Å². The molecule has 0 saturated heterocycles. The van der Waals surface area contributed by atoms with Crippen molar-refractivity contribution in [2.24, 2.45) is 0 Å². The maximum atomic E-state index is 12.6. The van der Waals surface area contributed by atoms with Gasteiger partial charge >= 0.3 is 0 Å². The molecule has 5 nitrogen and oxygen atoms in total. The second kappa shape index (κ2) is 7.18. The molecular weight excluding hydrogens is 346 g/mol. The lowest BCUT2D eigenvalue weighted by Crippen LogP contribution is -2.13. The Balaban J connectivity index is 1.86. The number of benzene rings is 1. The Morgan fingerprint density at radius 3 is 2.72 bits per heavy atom. The van der Waals surface area contributed by atoms with E-state index in [9.17, 15) is 13.6 Å². The molecule has 0 aliphatic carbocycles. The van der Waals surface area contributed by atoms with Crippen molar-refractivity contribution in [3.63, 3.8) is 0 Å². The minimum Gasteiger partial charge on any atom is -0.321 e. The number of hydrogen-bond donors (Lipinski definition) is 1. The van der Waals surface area contributed by atoms with E-state index in [1.54, 1.807) is 41.2 Å². The van der Waals surface area contributed by atoms with Crippen LogP contribution in [-0.4, -0.2) is 26.4 Å². The molecule has 8 heteroatoms. The highest BCUT2D eigenvalue weighted by Gasteiger charge is 2.15. The number of alkyl halides is 2. The van der Waals surface area contributed by atoms with Gasteiger partial charge in [-0.1, -0.05) is 23.9 Å². The van der Waals surface area contributed by atoms with Crippen molar-refractivity contribution < 1.29 is 13.6 Å². The van der Waals surface area contributed by atoms with Crippen molar-refractivity contribution in [1.29, 1.82) is 0 Å². The van der Waals surface area contributed by atoms with Gasteiger partial charge in [0.2, 0.25) is 0 Å². The van der Waals surface area contributed by atoms with Crippen molar-refractivity contribution in [3.8, 4) is 0 Å². The second-order valence-corrected chi connectivity index (χ2v) is 6.68. The molecule has 0 fully saturated rings. The van der Waals surface area contributed by atoms with Crippen molar-refractivity contribution in [3.05, 3.63) is 48.3 Å². The van der Waals surface area contributed by atoms with Gasteiger partial charge in [0.1, 0.15) is 0 Å². The Hall–Kier alpha value is -2.48. The van der Waals surface area contributed by atoms with E-state index in [0.717, 1.165) is 5.39 Å². The van der Waals surface area contributed by atoms with Crippen LogP contribution in [0, 0.1) is 0 Å². The molecule has 0 aliphatic rings. The molecule has 0 spiro atoms. The van der Waals surface area contributed by atoms with Gasteiger partial charge in [-0.2, -0.15) is 13.9 Å². The summed E-state index contributed by atoms with van der Waals surface area (Å²) in [5, 5.41) is 7.67. The number of anilines is 1. The third-order valence-corrected chi connectivity index (χ3v) is 4.32. The normalized spacial score (nSPS) is 11.4. The molecule has 3 aromatic rings. The number of amides is 1. The molecular formula is C17H16F2N4OS. The maximum Gasteiger partial charge on any atom is 0.288 e. The first kappa shape index (κ1) is 17.3. The fourth-order valence-electron chi connectivity index (χ4n) is 2.41. The third kappa shape index (κ3) is 3.79. The SMILES string of the molecule is CC(C)n1ncc2cc(C(=O)Nc3ccccc3SC(F)F)cnc21. The summed E-state index contributed by atoms with van der Waals surface area (Å²) in [4.78, 5) is 17.1. The minimum absolute atomic E-state index is 0.155. The molecule has 1 N–H and O–H groups in total. The quantitative estimate of drug-likeness (QED) is 0.675. The van der Waals surface area contributed by atoms with Gasteiger partial charge in [-0.3, -0.25) is 4.79 Å². The fourth-order valence-corrected chi connectivity index (χ4v) is 3.00.